The third-order valence-electron chi connectivity index (χ3n) is 5.91. The molecular weight excluding hydrogens is 390 g/mol. The highest BCUT2D eigenvalue weighted by molar-refractivity contribution is 7.11. The summed E-state index contributed by atoms with van der Waals surface area (Å²) in [5.74, 6) is 0.869. The molecule has 2 aromatic rings. The van der Waals surface area contributed by atoms with Crippen LogP contribution < -0.4 is 0 Å². The molecule has 4 nitrogen and oxygen atoms in total. The zero-order valence-corrected chi connectivity index (χ0v) is 19.9. The minimum absolute atomic E-state index is 0.169. The van der Waals surface area contributed by atoms with E-state index in [1.54, 1.807) is 0 Å². The molecule has 0 N–H and O–H groups in total. The Kier molecular flexibility index (Phi) is 8.49. The molecule has 2 heterocycles. The summed E-state index contributed by atoms with van der Waals surface area (Å²) in [6, 6.07) is 12.8. The van der Waals surface area contributed by atoms with Gasteiger partial charge in [0.25, 0.3) is 5.91 Å². The van der Waals surface area contributed by atoms with E-state index in [0.29, 0.717) is 5.92 Å². The Morgan fingerprint density at radius 2 is 1.73 bits per heavy atom. The van der Waals surface area contributed by atoms with Crippen LogP contribution in [0.1, 0.15) is 52.9 Å². The van der Waals surface area contributed by atoms with Gasteiger partial charge in [-0.25, -0.2) is 0 Å². The number of amides is 1. The predicted octanol–water partition coefficient (Wildman–Crippen LogP) is 4.88. The highest BCUT2D eigenvalue weighted by Gasteiger charge is 2.21. The Hall–Kier alpha value is -1.69. The van der Waals surface area contributed by atoms with Gasteiger partial charge in [-0.2, -0.15) is 0 Å². The lowest BCUT2D eigenvalue weighted by atomic mass is 10.1. The SMILES string of the molecule is CCN1CCN(C(=O)c2ccc(CN(CCC(C)C)Cc3ccc(C)s3)cc2)CC1. The average molecular weight is 428 g/mol. The Balaban J connectivity index is 1.60. The topological polar surface area (TPSA) is 26.8 Å². The van der Waals surface area contributed by atoms with E-state index in [9.17, 15) is 4.79 Å². The third kappa shape index (κ3) is 6.66. The van der Waals surface area contributed by atoms with E-state index in [-0.39, 0.29) is 5.91 Å². The molecule has 3 rings (SSSR count). The molecule has 5 heteroatoms. The minimum atomic E-state index is 0.169. The zero-order valence-electron chi connectivity index (χ0n) is 19.1. The number of aryl methyl sites for hydroxylation is 1. The monoisotopic (exact) mass is 427 g/mol. The summed E-state index contributed by atoms with van der Waals surface area (Å²) in [7, 11) is 0. The molecule has 0 radical (unpaired) electrons. The number of carbonyl (C=O) groups excluding carboxylic acids is 1. The fourth-order valence-electron chi connectivity index (χ4n) is 3.91. The molecular formula is C25H37N3OS. The lowest BCUT2D eigenvalue weighted by Gasteiger charge is -2.34. The number of likely N-dealkylation sites (N-methyl/N-ethyl adjacent to an activating group) is 1. The van der Waals surface area contributed by atoms with E-state index in [1.807, 2.05) is 28.4 Å². The van der Waals surface area contributed by atoms with E-state index in [1.165, 1.54) is 21.7 Å². The van der Waals surface area contributed by atoms with Crippen LogP contribution in [0.2, 0.25) is 0 Å². The summed E-state index contributed by atoms with van der Waals surface area (Å²) in [5.41, 5.74) is 2.09. The molecule has 1 saturated heterocycles. The van der Waals surface area contributed by atoms with Gasteiger partial charge >= 0.3 is 0 Å². The first-order valence-electron chi connectivity index (χ1n) is 11.3. The largest absolute Gasteiger partial charge is 0.336 e. The van der Waals surface area contributed by atoms with Crippen molar-refractivity contribution in [3.05, 3.63) is 57.3 Å². The van der Waals surface area contributed by atoms with Crippen molar-refractivity contribution in [2.75, 3.05) is 39.3 Å². The highest BCUT2D eigenvalue weighted by atomic mass is 32.1. The second kappa shape index (κ2) is 11.1. The van der Waals surface area contributed by atoms with Crippen LogP contribution in [-0.4, -0.2) is 59.9 Å². The molecule has 0 bridgehead atoms. The quantitative estimate of drug-likeness (QED) is 0.570. The number of thiophene rings is 1. The van der Waals surface area contributed by atoms with Gasteiger partial charge in [-0.15, -0.1) is 11.3 Å². The molecule has 1 aromatic carbocycles. The number of benzene rings is 1. The number of carbonyl (C=O) groups is 1. The second-order valence-electron chi connectivity index (χ2n) is 8.83. The fraction of sp³-hybridized carbons (Fsp3) is 0.560. The van der Waals surface area contributed by atoms with Crippen LogP contribution in [0, 0.1) is 12.8 Å². The van der Waals surface area contributed by atoms with Gasteiger partial charge in [-0.3, -0.25) is 9.69 Å². The van der Waals surface area contributed by atoms with Crippen molar-refractivity contribution in [1.82, 2.24) is 14.7 Å². The smallest absolute Gasteiger partial charge is 0.253 e. The zero-order chi connectivity index (χ0) is 21.5. The first-order chi connectivity index (χ1) is 14.4. The molecule has 0 unspecified atom stereocenters. The van der Waals surface area contributed by atoms with E-state index in [0.717, 1.165) is 57.9 Å². The molecule has 0 aliphatic carbocycles. The summed E-state index contributed by atoms with van der Waals surface area (Å²) in [6.07, 6.45) is 1.20. The number of rotatable bonds is 9. The van der Waals surface area contributed by atoms with Crippen molar-refractivity contribution in [3.8, 4) is 0 Å². The second-order valence-corrected chi connectivity index (χ2v) is 10.2. The maximum absolute atomic E-state index is 12.8. The number of nitrogens with zero attached hydrogens (tertiary/aromatic N) is 3. The molecule has 1 aliphatic heterocycles. The molecule has 0 saturated carbocycles. The lowest BCUT2D eigenvalue weighted by Crippen LogP contribution is -2.48. The van der Waals surface area contributed by atoms with Crippen molar-refractivity contribution in [2.45, 2.75) is 47.2 Å². The van der Waals surface area contributed by atoms with Crippen molar-refractivity contribution in [3.63, 3.8) is 0 Å². The van der Waals surface area contributed by atoms with Gasteiger partial charge in [-0.05, 0) is 62.2 Å². The molecule has 1 aromatic heterocycles. The van der Waals surface area contributed by atoms with Crippen molar-refractivity contribution < 1.29 is 4.79 Å². The summed E-state index contributed by atoms with van der Waals surface area (Å²) in [4.78, 5) is 22.6. The summed E-state index contributed by atoms with van der Waals surface area (Å²) in [6.45, 7) is 16.6. The van der Waals surface area contributed by atoms with Gasteiger partial charge in [0, 0.05) is 54.6 Å². The molecule has 0 spiro atoms. The number of piperazine rings is 1. The molecule has 0 atom stereocenters. The van der Waals surface area contributed by atoms with Crippen molar-refractivity contribution in [1.29, 1.82) is 0 Å². The first-order valence-corrected chi connectivity index (χ1v) is 12.1. The molecule has 1 aliphatic rings. The maximum atomic E-state index is 12.8. The standard InChI is InChI=1S/C25H37N3OS/c1-5-26-14-16-28(17-15-26)25(29)23-9-7-22(8-10-23)18-27(13-12-20(2)3)19-24-11-6-21(4)30-24/h6-11,20H,5,12-19H2,1-4H3. The summed E-state index contributed by atoms with van der Waals surface area (Å²) < 4.78 is 0. The van der Waals surface area contributed by atoms with Crippen LogP contribution in [0.4, 0.5) is 0 Å². The molecule has 1 fully saturated rings. The van der Waals surface area contributed by atoms with Crippen LogP contribution in [0.25, 0.3) is 0 Å². The van der Waals surface area contributed by atoms with Gasteiger partial charge in [0.15, 0.2) is 0 Å². The van der Waals surface area contributed by atoms with E-state index in [4.69, 9.17) is 0 Å². The fourth-order valence-corrected chi connectivity index (χ4v) is 4.84. The minimum Gasteiger partial charge on any atom is -0.336 e. The van der Waals surface area contributed by atoms with Crippen LogP contribution in [-0.2, 0) is 13.1 Å². The average Bonchev–Trinajstić information content (AvgIpc) is 3.16. The van der Waals surface area contributed by atoms with Gasteiger partial charge in [-0.1, -0.05) is 32.9 Å². The van der Waals surface area contributed by atoms with Crippen molar-refractivity contribution >= 4 is 17.2 Å². The van der Waals surface area contributed by atoms with Crippen LogP contribution in [0.15, 0.2) is 36.4 Å². The Morgan fingerprint density at radius 1 is 1.03 bits per heavy atom. The Bertz CT molecular complexity index is 791. The van der Waals surface area contributed by atoms with Gasteiger partial charge in [0.2, 0.25) is 0 Å². The van der Waals surface area contributed by atoms with Gasteiger partial charge < -0.3 is 9.80 Å². The van der Waals surface area contributed by atoms with Crippen LogP contribution in [0.5, 0.6) is 0 Å². The Morgan fingerprint density at radius 3 is 2.30 bits per heavy atom. The van der Waals surface area contributed by atoms with E-state index < -0.39 is 0 Å². The molecule has 1 amide bonds. The highest BCUT2D eigenvalue weighted by Crippen LogP contribution is 2.20. The van der Waals surface area contributed by atoms with Crippen LogP contribution in [0.3, 0.4) is 0 Å². The van der Waals surface area contributed by atoms with Gasteiger partial charge in [0.1, 0.15) is 0 Å². The van der Waals surface area contributed by atoms with Crippen molar-refractivity contribution in [2.24, 2.45) is 5.92 Å². The van der Waals surface area contributed by atoms with Gasteiger partial charge in [0.05, 0.1) is 0 Å². The molecule has 30 heavy (non-hydrogen) atoms. The lowest BCUT2D eigenvalue weighted by molar-refractivity contribution is 0.0643. The normalized spacial score (nSPS) is 15.3. The van der Waals surface area contributed by atoms with Crippen LogP contribution >= 0.6 is 11.3 Å². The third-order valence-corrected chi connectivity index (χ3v) is 6.90. The first kappa shape index (κ1) is 23.0. The Labute approximate surface area is 186 Å². The summed E-state index contributed by atoms with van der Waals surface area (Å²) in [5, 5.41) is 0. The number of hydrogen-bond donors (Lipinski definition) is 0. The molecule has 164 valence electrons. The van der Waals surface area contributed by atoms with E-state index >= 15 is 0 Å². The number of hydrogen-bond acceptors (Lipinski definition) is 4. The summed E-state index contributed by atoms with van der Waals surface area (Å²) >= 11 is 1.89. The maximum Gasteiger partial charge on any atom is 0.253 e. The predicted molar refractivity (Wildman–Crippen MR) is 127 cm³/mol. The van der Waals surface area contributed by atoms with E-state index in [2.05, 4.69) is 61.8 Å².